The molecule has 2 amide bonds. The number of allylic oxidation sites excluding steroid dienone is 1. The summed E-state index contributed by atoms with van der Waals surface area (Å²) in [5.74, 6) is 0.841. The minimum Gasteiger partial charge on any atom is -0.328 e. The summed E-state index contributed by atoms with van der Waals surface area (Å²) >= 11 is 1.33. The monoisotopic (exact) mass is 475 g/mol. The van der Waals surface area contributed by atoms with Gasteiger partial charge in [-0.3, -0.25) is 9.59 Å². The smallest absolute Gasteiger partial charge is 0.254 e. The van der Waals surface area contributed by atoms with E-state index in [4.69, 9.17) is 0 Å². The van der Waals surface area contributed by atoms with Crippen molar-refractivity contribution < 1.29 is 9.59 Å². The van der Waals surface area contributed by atoms with Crippen molar-refractivity contribution in [2.75, 3.05) is 17.6 Å². The third-order valence-electron chi connectivity index (χ3n) is 5.77. The van der Waals surface area contributed by atoms with E-state index in [1.807, 2.05) is 71.8 Å². The Morgan fingerprint density at radius 3 is 2.65 bits per heavy atom. The Morgan fingerprint density at radius 1 is 1.15 bits per heavy atom. The van der Waals surface area contributed by atoms with Crippen LogP contribution >= 0.6 is 11.8 Å². The van der Waals surface area contributed by atoms with Gasteiger partial charge >= 0.3 is 0 Å². The van der Waals surface area contributed by atoms with Crippen molar-refractivity contribution in [2.24, 2.45) is 0 Å². The first-order valence-corrected chi connectivity index (χ1v) is 12.4. The Hall–Kier alpha value is -3.39. The van der Waals surface area contributed by atoms with Gasteiger partial charge < -0.3 is 14.8 Å². The SMILES string of the molecule is C=CCn1c(SCC(=O)Nc2cccc(C)c2)nnc1C1CCCN1C(=O)c1cccc(C)c1. The van der Waals surface area contributed by atoms with Gasteiger partial charge in [-0.2, -0.15) is 0 Å². The molecule has 0 spiro atoms. The van der Waals surface area contributed by atoms with Crippen LogP contribution in [0.15, 0.2) is 66.3 Å². The molecule has 8 heteroatoms. The second kappa shape index (κ2) is 10.7. The summed E-state index contributed by atoms with van der Waals surface area (Å²) in [4.78, 5) is 27.6. The number of anilines is 1. The maximum atomic E-state index is 13.3. The molecule has 1 aliphatic heterocycles. The van der Waals surface area contributed by atoms with E-state index in [9.17, 15) is 9.59 Å². The predicted molar refractivity (Wildman–Crippen MR) is 135 cm³/mol. The fourth-order valence-electron chi connectivity index (χ4n) is 4.23. The molecule has 4 rings (SSSR count). The standard InChI is InChI=1S/C26H29N5O2S/c1-4-13-31-24(22-12-7-14-30(22)25(33)20-10-5-8-18(2)15-20)28-29-26(31)34-17-23(32)27-21-11-6-9-19(3)16-21/h4-6,8-11,15-16,22H,1,7,12-14,17H2,2-3H3,(H,27,32). The highest BCUT2D eigenvalue weighted by atomic mass is 32.2. The molecule has 3 aromatic rings. The quantitative estimate of drug-likeness (QED) is 0.374. The Balaban J connectivity index is 1.49. The van der Waals surface area contributed by atoms with Crippen LogP contribution in [0.1, 0.15) is 46.2 Å². The van der Waals surface area contributed by atoms with Crippen molar-refractivity contribution in [1.82, 2.24) is 19.7 Å². The van der Waals surface area contributed by atoms with Crippen molar-refractivity contribution in [2.45, 2.75) is 44.4 Å². The molecule has 1 aromatic heterocycles. The predicted octanol–water partition coefficient (Wildman–Crippen LogP) is 4.79. The number of hydrogen-bond donors (Lipinski definition) is 1. The third-order valence-corrected chi connectivity index (χ3v) is 6.73. The molecule has 1 N–H and O–H groups in total. The van der Waals surface area contributed by atoms with Crippen LogP contribution in [0.25, 0.3) is 0 Å². The lowest BCUT2D eigenvalue weighted by Gasteiger charge is -2.25. The minimum absolute atomic E-state index is 0.00564. The number of thioether (sulfide) groups is 1. The van der Waals surface area contributed by atoms with E-state index in [1.54, 1.807) is 6.08 Å². The van der Waals surface area contributed by atoms with Gasteiger partial charge in [0.15, 0.2) is 11.0 Å². The maximum absolute atomic E-state index is 13.3. The van der Waals surface area contributed by atoms with Crippen molar-refractivity contribution in [3.05, 3.63) is 83.7 Å². The van der Waals surface area contributed by atoms with E-state index < -0.39 is 0 Å². The number of carbonyl (C=O) groups is 2. The molecular formula is C26H29N5O2S. The molecule has 1 saturated heterocycles. The van der Waals surface area contributed by atoms with Crippen molar-refractivity contribution in [3.8, 4) is 0 Å². The zero-order valence-electron chi connectivity index (χ0n) is 19.5. The fourth-order valence-corrected chi connectivity index (χ4v) is 4.98. The van der Waals surface area contributed by atoms with Crippen LogP contribution in [0.4, 0.5) is 5.69 Å². The topological polar surface area (TPSA) is 80.1 Å². The van der Waals surface area contributed by atoms with E-state index >= 15 is 0 Å². The summed E-state index contributed by atoms with van der Waals surface area (Å²) in [7, 11) is 0. The van der Waals surface area contributed by atoms with E-state index in [2.05, 4.69) is 22.1 Å². The Kier molecular flexibility index (Phi) is 7.47. The summed E-state index contributed by atoms with van der Waals surface area (Å²) in [5, 5.41) is 12.4. The number of rotatable bonds is 8. The summed E-state index contributed by atoms with van der Waals surface area (Å²) in [6.45, 7) is 9.03. The minimum atomic E-state index is -0.157. The number of benzene rings is 2. The number of nitrogens with one attached hydrogen (secondary N) is 1. The number of aryl methyl sites for hydroxylation is 2. The molecule has 1 unspecified atom stereocenters. The van der Waals surface area contributed by atoms with E-state index in [0.29, 0.717) is 23.8 Å². The third kappa shape index (κ3) is 5.39. The number of hydrogen-bond acceptors (Lipinski definition) is 5. The van der Waals surface area contributed by atoms with Gasteiger partial charge in [0, 0.05) is 24.3 Å². The van der Waals surface area contributed by atoms with Crippen molar-refractivity contribution in [1.29, 1.82) is 0 Å². The molecule has 1 aliphatic rings. The van der Waals surface area contributed by atoms with E-state index in [1.165, 1.54) is 11.8 Å². The molecule has 2 aromatic carbocycles. The van der Waals surface area contributed by atoms with Crippen LogP contribution in [0.3, 0.4) is 0 Å². The molecule has 0 radical (unpaired) electrons. The van der Waals surface area contributed by atoms with Crippen LogP contribution in [-0.4, -0.2) is 43.8 Å². The number of aromatic nitrogens is 3. The van der Waals surface area contributed by atoms with Gasteiger partial charge in [0.25, 0.3) is 5.91 Å². The van der Waals surface area contributed by atoms with Crippen LogP contribution in [0.5, 0.6) is 0 Å². The van der Waals surface area contributed by atoms with E-state index in [0.717, 1.165) is 35.5 Å². The number of nitrogens with zero attached hydrogens (tertiary/aromatic N) is 4. The highest BCUT2D eigenvalue weighted by Crippen LogP contribution is 2.34. The van der Waals surface area contributed by atoms with Gasteiger partial charge in [-0.15, -0.1) is 16.8 Å². The highest BCUT2D eigenvalue weighted by Gasteiger charge is 2.34. The molecular weight excluding hydrogens is 446 g/mol. The lowest BCUT2D eigenvalue weighted by atomic mass is 10.1. The molecule has 0 aliphatic carbocycles. The first-order chi connectivity index (χ1) is 16.5. The summed E-state index contributed by atoms with van der Waals surface area (Å²) < 4.78 is 1.96. The zero-order chi connectivity index (χ0) is 24.1. The number of carbonyl (C=O) groups excluding carboxylic acids is 2. The second-order valence-corrected chi connectivity index (χ2v) is 9.41. The normalized spacial score (nSPS) is 15.4. The van der Waals surface area contributed by atoms with E-state index in [-0.39, 0.29) is 23.6 Å². The van der Waals surface area contributed by atoms with Crippen molar-refractivity contribution >= 4 is 29.3 Å². The second-order valence-electron chi connectivity index (χ2n) is 8.47. The molecule has 2 heterocycles. The van der Waals surface area contributed by atoms with Gasteiger partial charge in [-0.05, 0) is 56.5 Å². The number of amides is 2. The lowest BCUT2D eigenvalue weighted by Crippen LogP contribution is -2.32. The van der Waals surface area contributed by atoms with Crippen LogP contribution in [0, 0.1) is 13.8 Å². The Morgan fingerprint density at radius 2 is 1.91 bits per heavy atom. The van der Waals surface area contributed by atoms with Crippen LogP contribution in [-0.2, 0) is 11.3 Å². The first kappa shape index (κ1) is 23.8. The molecule has 34 heavy (non-hydrogen) atoms. The van der Waals surface area contributed by atoms with Crippen LogP contribution < -0.4 is 5.32 Å². The van der Waals surface area contributed by atoms with Gasteiger partial charge in [0.05, 0.1) is 11.8 Å². The summed E-state index contributed by atoms with van der Waals surface area (Å²) in [6, 6.07) is 15.2. The highest BCUT2D eigenvalue weighted by molar-refractivity contribution is 7.99. The van der Waals surface area contributed by atoms with Crippen LogP contribution in [0.2, 0.25) is 0 Å². The molecule has 0 saturated carbocycles. The van der Waals surface area contributed by atoms with Gasteiger partial charge in [0.2, 0.25) is 5.91 Å². The molecule has 1 atom stereocenters. The lowest BCUT2D eigenvalue weighted by molar-refractivity contribution is -0.113. The average molecular weight is 476 g/mol. The zero-order valence-corrected chi connectivity index (χ0v) is 20.3. The first-order valence-electron chi connectivity index (χ1n) is 11.4. The summed E-state index contributed by atoms with van der Waals surface area (Å²) in [6.07, 6.45) is 3.52. The number of likely N-dealkylation sites (tertiary alicyclic amines) is 1. The molecule has 1 fully saturated rings. The van der Waals surface area contributed by atoms with Crippen molar-refractivity contribution in [3.63, 3.8) is 0 Å². The Bertz CT molecular complexity index is 1210. The maximum Gasteiger partial charge on any atom is 0.254 e. The Labute approximate surface area is 204 Å². The van der Waals surface area contributed by atoms with Gasteiger partial charge in [0.1, 0.15) is 0 Å². The molecule has 0 bridgehead atoms. The molecule has 176 valence electrons. The molecule has 7 nitrogen and oxygen atoms in total. The summed E-state index contributed by atoms with van der Waals surface area (Å²) in [5.41, 5.74) is 3.60. The average Bonchev–Trinajstić information content (AvgIpc) is 3.44. The van der Waals surface area contributed by atoms with Gasteiger partial charge in [-0.1, -0.05) is 47.7 Å². The fraction of sp³-hybridized carbons (Fsp3) is 0.308. The largest absolute Gasteiger partial charge is 0.328 e. The van der Waals surface area contributed by atoms with Gasteiger partial charge in [-0.25, -0.2) is 0 Å².